The second-order valence-electron chi connectivity index (χ2n) is 16.5. The number of amides is 2. The van der Waals surface area contributed by atoms with Gasteiger partial charge in [0, 0.05) is 37.8 Å². The molecule has 2 aromatic carbocycles. The van der Waals surface area contributed by atoms with E-state index in [2.05, 4.69) is 25.4 Å². The van der Waals surface area contributed by atoms with E-state index in [1.54, 1.807) is 28.9 Å². The van der Waals surface area contributed by atoms with E-state index in [4.69, 9.17) is 24.1 Å². The predicted molar refractivity (Wildman–Crippen MR) is 215 cm³/mol. The third kappa shape index (κ3) is 8.17. The van der Waals surface area contributed by atoms with Crippen LogP contribution in [0.3, 0.4) is 0 Å². The van der Waals surface area contributed by atoms with Gasteiger partial charge in [-0.15, -0.1) is 0 Å². The number of pyridine rings is 1. The molecule has 4 fully saturated rings. The van der Waals surface area contributed by atoms with Gasteiger partial charge in [0.05, 0.1) is 36.7 Å². The molecular formula is C42H49F3N8O6. The molecule has 0 spiro atoms. The number of alkyl carbamates (subject to hydrolysis) is 1. The molecule has 14 nitrogen and oxygen atoms in total. The highest BCUT2D eigenvalue weighted by atomic mass is 19.1. The summed E-state index contributed by atoms with van der Waals surface area (Å²) >= 11 is 0. The zero-order valence-corrected chi connectivity index (χ0v) is 33.4. The third-order valence-corrected chi connectivity index (χ3v) is 12.3. The van der Waals surface area contributed by atoms with Gasteiger partial charge in [-0.1, -0.05) is 11.2 Å². The Kier molecular flexibility index (Phi) is 11.5. The summed E-state index contributed by atoms with van der Waals surface area (Å²) in [5.74, 6) is -0.982. The predicted octanol–water partition coefficient (Wildman–Crippen LogP) is 7.48. The minimum Gasteiger partial charge on any atom is -0.461 e. The number of nitrogens with one attached hydrogen (secondary N) is 1. The smallest absolute Gasteiger partial charge is 0.415 e. The third-order valence-electron chi connectivity index (χ3n) is 12.3. The average Bonchev–Trinajstić information content (AvgIpc) is 3.80. The summed E-state index contributed by atoms with van der Waals surface area (Å²) in [6.45, 7) is 5.17. The first-order chi connectivity index (χ1) is 28.5. The van der Waals surface area contributed by atoms with E-state index in [0.717, 1.165) is 58.0 Å². The van der Waals surface area contributed by atoms with Crippen molar-refractivity contribution in [3.05, 3.63) is 52.6 Å². The van der Waals surface area contributed by atoms with Gasteiger partial charge in [-0.3, -0.25) is 9.88 Å². The molecule has 4 saturated heterocycles. The van der Waals surface area contributed by atoms with E-state index < -0.39 is 35.5 Å². The molecule has 10 rings (SSSR count). The van der Waals surface area contributed by atoms with Crippen molar-refractivity contribution >= 4 is 39.7 Å². The van der Waals surface area contributed by atoms with Gasteiger partial charge in [-0.2, -0.15) is 14.9 Å². The van der Waals surface area contributed by atoms with E-state index in [0.29, 0.717) is 30.5 Å². The SMILES string of the molecule is CC12CC(F)CN(C1)c1nc(OCC34CCCN3CCC4)nc3c(F)c(ncc13)-c1cc(OC(=O)N3CCCCC3)cc3ccc(F)c(c13)CCCOC(=O)N2.CN=O. The number of nitrogens with zero attached hydrogens (tertiary/aromatic N) is 7. The number of aryl methyl sites for hydroxylation is 1. The summed E-state index contributed by atoms with van der Waals surface area (Å²) in [5.41, 5.74) is -1.01. The van der Waals surface area contributed by atoms with Crippen LogP contribution in [0.5, 0.6) is 11.8 Å². The molecule has 0 aliphatic carbocycles. The Hall–Kier alpha value is -5.32. The fourth-order valence-electron chi connectivity index (χ4n) is 9.69. The Morgan fingerprint density at radius 3 is 2.58 bits per heavy atom. The molecule has 0 saturated carbocycles. The van der Waals surface area contributed by atoms with Crippen LogP contribution in [0.4, 0.5) is 28.6 Å². The summed E-state index contributed by atoms with van der Waals surface area (Å²) in [5, 5.41) is 6.19. The molecule has 6 aliphatic heterocycles. The number of ether oxygens (including phenoxy) is 3. The lowest BCUT2D eigenvalue weighted by Gasteiger charge is -2.42. The standard InChI is InChI=1S/C41H46F3N7O5.CH3NO/c1-40-20-26(42)22-50(23-40)36-30-21-45-34(33(44)35(30)46-37(47-36)55-24-41-11-6-15-51(41)16-7-12-41)29-19-27(56-39(53)49-13-3-2-4-14-49)18-25-9-10-31(43)28(32(25)29)8-5-17-54-38(52)48-40;1-2-3/h9-10,18-19,21,26H,2-8,11-17,20,22-24H2,1H3,(H,48,52);1H3. The number of aromatic nitrogens is 3. The minimum atomic E-state index is -1.37. The van der Waals surface area contributed by atoms with Crippen LogP contribution in [-0.2, 0) is 11.2 Å². The van der Waals surface area contributed by atoms with Gasteiger partial charge in [-0.05, 0) is 112 Å². The summed E-state index contributed by atoms with van der Waals surface area (Å²) in [4.78, 5) is 54.8. The number of halogens is 3. The second kappa shape index (κ2) is 16.7. The number of likely N-dealkylation sites (tertiary alicyclic amines) is 1. The summed E-state index contributed by atoms with van der Waals surface area (Å²) in [6.07, 6.45) is 6.04. The van der Waals surface area contributed by atoms with Gasteiger partial charge < -0.3 is 29.3 Å². The van der Waals surface area contributed by atoms with Gasteiger partial charge in [0.15, 0.2) is 5.82 Å². The molecule has 2 unspecified atom stereocenters. The maximum atomic E-state index is 17.5. The normalized spacial score (nSPS) is 22.9. The molecule has 6 aliphatic rings. The lowest BCUT2D eigenvalue weighted by atomic mass is 9.90. The Morgan fingerprint density at radius 1 is 1.05 bits per heavy atom. The van der Waals surface area contributed by atoms with Crippen molar-refractivity contribution in [2.24, 2.45) is 5.18 Å². The minimum absolute atomic E-state index is 0.0211. The van der Waals surface area contributed by atoms with Crippen molar-refractivity contribution in [2.75, 3.05) is 64.4 Å². The molecule has 17 heteroatoms. The Morgan fingerprint density at radius 2 is 1.81 bits per heavy atom. The monoisotopic (exact) mass is 818 g/mol. The first kappa shape index (κ1) is 40.5. The first-order valence-corrected chi connectivity index (χ1v) is 20.5. The molecule has 8 heterocycles. The van der Waals surface area contributed by atoms with Crippen molar-refractivity contribution in [1.29, 1.82) is 0 Å². The molecule has 1 N–H and O–H groups in total. The highest BCUT2D eigenvalue weighted by Crippen LogP contribution is 2.42. The molecule has 2 atom stereocenters. The van der Waals surface area contributed by atoms with Crippen LogP contribution in [0.25, 0.3) is 32.9 Å². The van der Waals surface area contributed by atoms with Crippen LogP contribution < -0.4 is 19.7 Å². The molecule has 314 valence electrons. The number of carbonyl (C=O) groups excluding carboxylic acids is 2. The van der Waals surface area contributed by atoms with Gasteiger partial charge in [0.1, 0.15) is 41.4 Å². The number of benzene rings is 2. The van der Waals surface area contributed by atoms with Crippen LogP contribution in [0.2, 0.25) is 0 Å². The zero-order valence-electron chi connectivity index (χ0n) is 33.4. The molecule has 6 bridgehead atoms. The van der Waals surface area contributed by atoms with E-state index >= 15 is 13.2 Å². The Balaban J connectivity index is 0.00000157. The van der Waals surface area contributed by atoms with Crippen LogP contribution in [0.15, 0.2) is 35.6 Å². The molecular weight excluding hydrogens is 770 g/mol. The number of hydrogen-bond donors (Lipinski definition) is 1. The quantitative estimate of drug-likeness (QED) is 0.204. The molecule has 59 heavy (non-hydrogen) atoms. The number of anilines is 1. The van der Waals surface area contributed by atoms with Crippen LogP contribution in [-0.4, -0.2) is 114 Å². The lowest BCUT2D eigenvalue weighted by molar-refractivity contribution is 0.107. The maximum absolute atomic E-state index is 17.5. The highest BCUT2D eigenvalue weighted by molar-refractivity contribution is 6.02. The lowest BCUT2D eigenvalue weighted by Crippen LogP contribution is -2.60. The van der Waals surface area contributed by atoms with Gasteiger partial charge in [-0.25, -0.2) is 22.8 Å². The summed E-state index contributed by atoms with van der Waals surface area (Å²) in [7, 11) is 1.19. The zero-order chi connectivity index (χ0) is 41.3. The van der Waals surface area contributed by atoms with Crippen LogP contribution in [0.1, 0.15) is 70.3 Å². The van der Waals surface area contributed by atoms with Crippen molar-refractivity contribution in [2.45, 2.75) is 88.4 Å². The molecule has 4 aromatic rings. The average molecular weight is 819 g/mol. The number of nitroso groups, excluding NO2 is 1. The summed E-state index contributed by atoms with van der Waals surface area (Å²) in [6, 6.07) is 5.96. The van der Waals surface area contributed by atoms with Gasteiger partial charge in [0.2, 0.25) is 0 Å². The van der Waals surface area contributed by atoms with Crippen LogP contribution >= 0.6 is 0 Å². The van der Waals surface area contributed by atoms with Crippen molar-refractivity contribution in [3.63, 3.8) is 0 Å². The maximum Gasteiger partial charge on any atom is 0.415 e. The topological polar surface area (TPSA) is 152 Å². The van der Waals surface area contributed by atoms with Gasteiger partial charge in [0.25, 0.3) is 0 Å². The molecule has 2 amide bonds. The number of carbonyl (C=O) groups is 2. The van der Waals surface area contributed by atoms with Gasteiger partial charge >= 0.3 is 18.2 Å². The second-order valence-corrected chi connectivity index (χ2v) is 16.5. The van der Waals surface area contributed by atoms with Crippen LogP contribution in [0, 0.1) is 16.5 Å². The number of piperidine rings is 2. The summed E-state index contributed by atoms with van der Waals surface area (Å²) < 4.78 is 66.8. The van der Waals surface area contributed by atoms with Crippen molar-refractivity contribution in [3.8, 4) is 23.0 Å². The number of fused-ring (bicyclic) bond motifs is 7. The molecule has 2 aromatic heterocycles. The largest absolute Gasteiger partial charge is 0.461 e. The van der Waals surface area contributed by atoms with Crippen molar-refractivity contribution in [1.82, 2.24) is 30.1 Å². The van der Waals surface area contributed by atoms with E-state index in [1.807, 2.05) is 0 Å². The van der Waals surface area contributed by atoms with E-state index in [1.165, 1.54) is 25.4 Å². The molecule has 0 radical (unpaired) electrons. The number of alkyl halides is 1. The number of hydrogen-bond acceptors (Lipinski definition) is 12. The Bertz CT molecular complexity index is 2250. The van der Waals surface area contributed by atoms with Crippen molar-refractivity contribution < 1.29 is 37.0 Å². The fourth-order valence-corrected chi connectivity index (χ4v) is 9.69. The first-order valence-electron chi connectivity index (χ1n) is 20.5. The highest BCUT2D eigenvalue weighted by Gasteiger charge is 2.45. The fraction of sp³-hybridized carbons (Fsp3) is 0.548. The van der Waals surface area contributed by atoms with E-state index in [9.17, 15) is 9.59 Å². The number of rotatable bonds is 4. The van der Waals surface area contributed by atoms with E-state index in [-0.39, 0.29) is 89.8 Å². The Labute approximate surface area is 339 Å².